The highest BCUT2D eigenvalue weighted by molar-refractivity contribution is 9.10. The number of pyridine rings is 1. The molecule has 0 bridgehead atoms. The molecule has 0 saturated carbocycles. The van der Waals surface area contributed by atoms with Gasteiger partial charge in [-0.05, 0) is 72.2 Å². The molecule has 1 unspecified atom stereocenters. The molecular weight excluding hydrogens is 577 g/mol. The molecule has 7 rings (SSSR count). The fraction of sp³-hybridized carbons (Fsp3) is 0.259. The summed E-state index contributed by atoms with van der Waals surface area (Å²) >= 11 is 17.9. The van der Waals surface area contributed by atoms with Crippen molar-refractivity contribution < 1.29 is 0 Å². The van der Waals surface area contributed by atoms with E-state index in [1.165, 1.54) is 11.1 Å². The summed E-state index contributed by atoms with van der Waals surface area (Å²) in [5, 5.41) is 1.11. The van der Waals surface area contributed by atoms with Crippen molar-refractivity contribution in [3.8, 4) is 0 Å². The Morgan fingerprint density at radius 1 is 1.06 bits per heavy atom. The molecule has 36 heavy (non-hydrogen) atoms. The minimum absolute atomic E-state index is 0.0782. The van der Waals surface area contributed by atoms with E-state index in [1.54, 1.807) is 17.8 Å². The van der Waals surface area contributed by atoms with E-state index < -0.39 is 0 Å². The largest absolute Gasteiger partial charge is 0.355 e. The molecule has 2 aromatic carbocycles. The number of hydrogen-bond donors (Lipinski definition) is 1. The predicted octanol–water partition coefficient (Wildman–Crippen LogP) is 7.38. The molecule has 0 amide bonds. The molecule has 182 valence electrons. The number of anilines is 1. The first-order valence-electron chi connectivity index (χ1n) is 11.9. The summed E-state index contributed by atoms with van der Waals surface area (Å²) in [6.45, 7) is 1.87. The summed E-state index contributed by atoms with van der Waals surface area (Å²) < 4.78 is 3.25. The van der Waals surface area contributed by atoms with Gasteiger partial charge in [0.2, 0.25) is 0 Å². The van der Waals surface area contributed by atoms with E-state index >= 15 is 0 Å². The van der Waals surface area contributed by atoms with Gasteiger partial charge in [0.05, 0.1) is 21.1 Å². The Labute approximate surface area is 231 Å². The molecule has 2 N–H and O–H groups in total. The third kappa shape index (κ3) is 3.47. The summed E-state index contributed by atoms with van der Waals surface area (Å²) in [5.41, 5.74) is 12.5. The summed E-state index contributed by atoms with van der Waals surface area (Å²) in [6, 6.07) is 16.4. The van der Waals surface area contributed by atoms with E-state index in [9.17, 15) is 0 Å². The molecule has 9 heteroatoms. The molecule has 1 spiro atoms. The standard InChI is InChI=1S/C27H22BrCl2N5S/c28-16-5-4-15-13-27(24(31)17(15)12-16)8-10-34(11-9-27)25-19-14-32-26-21(6-7-22(33-25)35(19)26)36-20-3-1-2-18(29)23(20)30/h1-7,12,14,24H,8-11,13,31H2. The Balaban J connectivity index is 1.17. The first kappa shape index (κ1) is 23.1. The lowest BCUT2D eigenvalue weighted by molar-refractivity contribution is 0.187. The van der Waals surface area contributed by atoms with Gasteiger partial charge in [0.25, 0.3) is 0 Å². The summed E-state index contributed by atoms with van der Waals surface area (Å²) in [6.07, 6.45) is 5.09. The van der Waals surface area contributed by atoms with Crippen LogP contribution in [0.4, 0.5) is 5.82 Å². The number of benzene rings is 2. The molecule has 4 heterocycles. The van der Waals surface area contributed by atoms with E-state index in [-0.39, 0.29) is 11.5 Å². The van der Waals surface area contributed by atoms with E-state index in [0.717, 1.165) is 69.2 Å². The van der Waals surface area contributed by atoms with Crippen molar-refractivity contribution in [2.75, 3.05) is 18.0 Å². The van der Waals surface area contributed by atoms with Crippen LogP contribution in [-0.4, -0.2) is 27.5 Å². The number of imidazole rings is 2. The highest BCUT2D eigenvalue weighted by Crippen LogP contribution is 2.52. The van der Waals surface area contributed by atoms with Crippen LogP contribution >= 0.6 is 50.9 Å². The van der Waals surface area contributed by atoms with Crippen LogP contribution < -0.4 is 10.6 Å². The number of fused-ring (bicyclic) bond motifs is 1. The fourth-order valence-electron chi connectivity index (χ4n) is 5.95. The Bertz CT molecular complexity index is 1630. The second kappa shape index (κ2) is 8.50. The molecule has 5 nitrogen and oxygen atoms in total. The Morgan fingerprint density at radius 2 is 1.89 bits per heavy atom. The van der Waals surface area contributed by atoms with Crippen molar-refractivity contribution in [3.05, 3.63) is 80.4 Å². The molecule has 1 aliphatic carbocycles. The van der Waals surface area contributed by atoms with E-state index in [4.69, 9.17) is 38.9 Å². The van der Waals surface area contributed by atoms with Crippen LogP contribution in [0.2, 0.25) is 10.0 Å². The average Bonchev–Trinajstić information content (AvgIpc) is 3.55. The van der Waals surface area contributed by atoms with E-state index in [1.807, 2.05) is 18.3 Å². The van der Waals surface area contributed by atoms with E-state index in [0.29, 0.717) is 10.0 Å². The van der Waals surface area contributed by atoms with Crippen molar-refractivity contribution in [3.63, 3.8) is 0 Å². The lowest BCUT2D eigenvalue weighted by atomic mass is 9.73. The number of rotatable bonds is 3. The van der Waals surface area contributed by atoms with Gasteiger partial charge in [-0.2, -0.15) is 0 Å². The zero-order chi connectivity index (χ0) is 24.6. The van der Waals surface area contributed by atoms with Gasteiger partial charge in [0.1, 0.15) is 11.2 Å². The van der Waals surface area contributed by atoms with Gasteiger partial charge in [-0.3, -0.25) is 4.40 Å². The third-order valence-corrected chi connectivity index (χ3v) is 10.4. The first-order chi connectivity index (χ1) is 17.4. The number of halogens is 3. The number of hydrogen-bond acceptors (Lipinski definition) is 5. The Morgan fingerprint density at radius 3 is 2.72 bits per heavy atom. The third-order valence-electron chi connectivity index (χ3n) is 7.88. The van der Waals surface area contributed by atoms with Crippen LogP contribution in [0, 0.1) is 5.41 Å². The van der Waals surface area contributed by atoms with Gasteiger partial charge in [-0.1, -0.05) is 63.0 Å². The SMILES string of the molecule is NC1c2cc(Br)ccc2CC12CCN(c1nc3ccc(Sc4cccc(Cl)c4Cl)c4ncc1n34)CC2. The van der Waals surface area contributed by atoms with Gasteiger partial charge in [0.15, 0.2) is 11.5 Å². The monoisotopic (exact) mass is 597 g/mol. The van der Waals surface area contributed by atoms with Crippen molar-refractivity contribution in [2.24, 2.45) is 11.1 Å². The Kier molecular flexibility index (Phi) is 5.46. The molecule has 1 atom stereocenters. The Hall–Kier alpha value is -2.03. The minimum atomic E-state index is 0.0782. The van der Waals surface area contributed by atoms with Crippen LogP contribution in [0.3, 0.4) is 0 Å². The van der Waals surface area contributed by atoms with Crippen LogP contribution in [0.1, 0.15) is 30.0 Å². The van der Waals surface area contributed by atoms with Gasteiger partial charge in [0, 0.05) is 28.5 Å². The van der Waals surface area contributed by atoms with Crippen molar-refractivity contribution in [1.29, 1.82) is 0 Å². The van der Waals surface area contributed by atoms with Crippen molar-refractivity contribution in [1.82, 2.24) is 14.4 Å². The zero-order valence-corrected chi connectivity index (χ0v) is 23.1. The predicted molar refractivity (Wildman–Crippen MR) is 151 cm³/mol. The fourth-order valence-corrected chi connectivity index (χ4v) is 7.75. The number of piperidine rings is 1. The molecule has 1 saturated heterocycles. The van der Waals surface area contributed by atoms with Crippen LogP contribution in [0.15, 0.2) is 69.0 Å². The van der Waals surface area contributed by atoms with Gasteiger partial charge < -0.3 is 10.6 Å². The smallest absolute Gasteiger partial charge is 0.157 e. The molecule has 3 aromatic heterocycles. The van der Waals surface area contributed by atoms with Crippen molar-refractivity contribution >= 4 is 73.5 Å². The highest BCUT2D eigenvalue weighted by Gasteiger charge is 2.46. The lowest BCUT2D eigenvalue weighted by Crippen LogP contribution is -2.44. The maximum atomic E-state index is 6.83. The second-order valence-electron chi connectivity index (χ2n) is 9.79. The molecule has 1 aliphatic heterocycles. The highest BCUT2D eigenvalue weighted by atomic mass is 79.9. The summed E-state index contributed by atoms with van der Waals surface area (Å²) in [7, 11) is 0. The van der Waals surface area contributed by atoms with Gasteiger partial charge in [-0.15, -0.1) is 0 Å². The molecule has 1 fully saturated rings. The second-order valence-corrected chi connectivity index (χ2v) is 12.6. The van der Waals surface area contributed by atoms with Crippen LogP contribution in [-0.2, 0) is 6.42 Å². The van der Waals surface area contributed by atoms with Gasteiger partial charge in [-0.25, -0.2) is 9.97 Å². The van der Waals surface area contributed by atoms with E-state index in [2.05, 4.69) is 55.6 Å². The zero-order valence-electron chi connectivity index (χ0n) is 19.2. The molecular formula is C27H22BrCl2N5S. The normalized spacial score (nSPS) is 19.1. The van der Waals surface area contributed by atoms with Crippen LogP contribution in [0.5, 0.6) is 0 Å². The number of aromatic nitrogens is 3. The molecule has 5 aromatic rings. The van der Waals surface area contributed by atoms with Crippen molar-refractivity contribution in [2.45, 2.75) is 35.1 Å². The maximum absolute atomic E-state index is 6.83. The van der Waals surface area contributed by atoms with Gasteiger partial charge >= 0.3 is 0 Å². The average molecular weight is 599 g/mol. The molecule has 0 radical (unpaired) electrons. The summed E-state index contributed by atoms with van der Waals surface area (Å²) in [4.78, 5) is 14.1. The summed E-state index contributed by atoms with van der Waals surface area (Å²) in [5.74, 6) is 1.00. The first-order valence-corrected chi connectivity index (χ1v) is 14.3. The topological polar surface area (TPSA) is 59.5 Å². The lowest BCUT2D eigenvalue weighted by Gasteiger charge is -2.42. The molecule has 2 aliphatic rings. The quantitative estimate of drug-likeness (QED) is 0.235. The minimum Gasteiger partial charge on any atom is -0.355 e. The van der Waals surface area contributed by atoms with Crippen LogP contribution in [0.25, 0.3) is 16.8 Å². The number of nitrogens with two attached hydrogens (primary N) is 1. The number of nitrogens with zero attached hydrogens (tertiary/aromatic N) is 4. The maximum Gasteiger partial charge on any atom is 0.157 e.